The summed E-state index contributed by atoms with van der Waals surface area (Å²) >= 11 is 7.03. The molecule has 1 N–H and O–H groups in total. The number of carbonyl (C=O) groups is 2. The van der Waals surface area contributed by atoms with Gasteiger partial charge in [0.05, 0.1) is 17.2 Å². The van der Waals surface area contributed by atoms with Crippen LogP contribution in [0, 0.1) is 16.7 Å². The molecular formula is C29H28ClN3O4S. The highest BCUT2D eigenvalue weighted by Crippen LogP contribution is 2.20. The first-order chi connectivity index (χ1) is 18.1. The van der Waals surface area contributed by atoms with Crippen LogP contribution in [0.2, 0.25) is 5.02 Å². The molecule has 1 unspecified atom stereocenters. The number of anilines is 1. The fourth-order valence-corrected chi connectivity index (χ4v) is 5.33. The Bertz CT molecular complexity index is 1580. The van der Waals surface area contributed by atoms with Crippen LogP contribution in [0.15, 0.2) is 53.3 Å². The van der Waals surface area contributed by atoms with E-state index in [0.717, 1.165) is 24.2 Å². The summed E-state index contributed by atoms with van der Waals surface area (Å²) in [6.07, 6.45) is 3.27. The Morgan fingerprint density at radius 3 is 2.61 bits per heavy atom. The van der Waals surface area contributed by atoms with Gasteiger partial charge in [0.1, 0.15) is 16.3 Å². The number of halogens is 1. The topological polar surface area (TPSA) is 101 Å². The normalized spacial score (nSPS) is 16.7. The van der Waals surface area contributed by atoms with Crippen molar-refractivity contribution in [1.82, 2.24) is 4.57 Å². The number of Topliss-reactive ketones (excluding diaryl/α,β-unsaturated/α-hetero) is 1. The molecule has 0 saturated carbocycles. The molecule has 0 radical (unpaired) electrons. The number of benzene rings is 2. The molecular weight excluding hydrogens is 522 g/mol. The second-order valence-corrected chi connectivity index (χ2v) is 11.6. The molecule has 1 aliphatic rings. The second-order valence-electron chi connectivity index (χ2n) is 10.1. The predicted octanol–water partition coefficient (Wildman–Crippen LogP) is 4.11. The second kappa shape index (κ2) is 11.5. The van der Waals surface area contributed by atoms with Crippen molar-refractivity contribution in [2.24, 2.45) is 5.41 Å². The Morgan fingerprint density at radius 1 is 1.24 bits per heavy atom. The zero-order valence-electron chi connectivity index (χ0n) is 21.4. The number of thiazole rings is 1. The summed E-state index contributed by atoms with van der Waals surface area (Å²) in [5, 5.41) is 13.3. The number of ether oxygens (including phenoxy) is 1. The molecule has 1 aliphatic heterocycles. The zero-order valence-corrected chi connectivity index (χ0v) is 23.0. The van der Waals surface area contributed by atoms with Crippen molar-refractivity contribution in [2.75, 3.05) is 11.9 Å². The Morgan fingerprint density at radius 2 is 1.97 bits per heavy atom. The minimum absolute atomic E-state index is 0.0266. The van der Waals surface area contributed by atoms with Crippen LogP contribution >= 0.6 is 22.9 Å². The first-order valence-electron chi connectivity index (χ1n) is 12.3. The highest BCUT2D eigenvalue weighted by molar-refractivity contribution is 7.07. The maximum Gasteiger partial charge on any atom is 0.269 e. The van der Waals surface area contributed by atoms with Gasteiger partial charge in [-0.05, 0) is 60.9 Å². The van der Waals surface area contributed by atoms with Crippen LogP contribution in [0.25, 0.3) is 11.6 Å². The van der Waals surface area contributed by atoms with Gasteiger partial charge in [-0.2, -0.15) is 5.26 Å². The molecule has 0 aliphatic carbocycles. The van der Waals surface area contributed by atoms with Gasteiger partial charge in [0, 0.05) is 28.3 Å². The molecule has 1 fully saturated rings. The molecule has 3 aromatic rings. The average molecular weight is 550 g/mol. The van der Waals surface area contributed by atoms with Crippen molar-refractivity contribution in [2.45, 2.75) is 46.3 Å². The van der Waals surface area contributed by atoms with Crippen molar-refractivity contribution in [3.63, 3.8) is 0 Å². The molecule has 9 heteroatoms. The number of nitrogens with zero attached hydrogens (tertiary/aromatic N) is 2. The first kappa shape index (κ1) is 27.5. The molecule has 0 spiro atoms. The fraction of sp³-hybridized carbons (Fsp3) is 0.310. The minimum Gasteiger partial charge on any atom is -0.376 e. The van der Waals surface area contributed by atoms with E-state index in [1.165, 1.54) is 4.57 Å². The van der Waals surface area contributed by atoms with Crippen molar-refractivity contribution >= 4 is 52.0 Å². The summed E-state index contributed by atoms with van der Waals surface area (Å²) in [6.45, 7) is 6.15. The Labute approximate surface area is 229 Å². The van der Waals surface area contributed by atoms with Crippen molar-refractivity contribution in [1.29, 1.82) is 5.26 Å². The van der Waals surface area contributed by atoms with Crippen molar-refractivity contribution in [3.8, 4) is 6.07 Å². The first-order valence-corrected chi connectivity index (χ1v) is 13.5. The summed E-state index contributed by atoms with van der Waals surface area (Å²) in [7, 11) is 0. The van der Waals surface area contributed by atoms with Crippen LogP contribution < -0.4 is 20.1 Å². The van der Waals surface area contributed by atoms with Gasteiger partial charge >= 0.3 is 0 Å². The molecule has 4 rings (SSSR count). The van der Waals surface area contributed by atoms with Gasteiger partial charge in [0.15, 0.2) is 5.78 Å². The van der Waals surface area contributed by atoms with Gasteiger partial charge in [0.2, 0.25) is 0 Å². The predicted molar refractivity (Wildman–Crippen MR) is 150 cm³/mol. The highest BCUT2D eigenvalue weighted by atomic mass is 35.5. The number of ketones is 1. The van der Waals surface area contributed by atoms with Crippen molar-refractivity contribution in [3.05, 3.63) is 84.2 Å². The minimum atomic E-state index is -0.777. The lowest BCUT2D eigenvalue weighted by atomic mass is 9.87. The van der Waals surface area contributed by atoms with Crippen molar-refractivity contribution < 1.29 is 14.3 Å². The van der Waals surface area contributed by atoms with Gasteiger partial charge in [0.25, 0.3) is 11.5 Å². The summed E-state index contributed by atoms with van der Waals surface area (Å²) < 4.78 is 7.96. The third-order valence-electron chi connectivity index (χ3n) is 6.10. The third kappa shape index (κ3) is 6.30. The zero-order chi connectivity index (χ0) is 27.4. The van der Waals surface area contributed by atoms with Crippen LogP contribution in [0.5, 0.6) is 0 Å². The fourth-order valence-electron chi connectivity index (χ4n) is 4.10. The lowest BCUT2D eigenvalue weighted by molar-refractivity contribution is -0.120. The molecule has 0 bridgehead atoms. The Kier molecular flexibility index (Phi) is 8.32. The van der Waals surface area contributed by atoms with E-state index in [9.17, 15) is 19.6 Å². The number of aromatic nitrogens is 1. The SMILES string of the molecule is CC(C)(C)C(=O)/C(C#N)=c1\s/c(=C\c2cccc(NC(=O)c3ccc(Cl)cc3)c2)c(=O)n1CC1CCCO1. The molecule has 2 aromatic carbocycles. The number of amides is 1. The monoisotopic (exact) mass is 549 g/mol. The number of hydrogen-bond donors (Lipinski definition) is 1. The largest absolute Gasteiger partial charge is 0.376 e. The Balaban J connectivity index is 1.76. The molecule has 1 atom stereocenters. The van der Waals surface area contributed by atoms with E-state index in [0.29, 0.717) is 37.6 Å². The number of carbonyl (C=O) groups excluding carboxylic acids is 2. The summed E-state index contributed by atoms with van der Waals surface area (Å²) in [5.41, 5.74) is 0.620. The number of nitriles is 1. The van der Waals surface area contributed by atoms with E-state index in [-0.39, 0.29) is 35.5 Å². The molecule has 1 amide bonds. The Hall–Kier alpha value is -3.51. The van der Waals surface area contributed by atoms with Gasteiger partial charge in [-0.1, -0.05) is 44.5 Å². The highest BCUT2D eigenvalue weighted by Gasteiger charge is 2.28. The van der Waals surface area contributed by atoms with Crippen LogP contribution in [-0.2, 0) is 16.1 Å². The van der Waals surface area contributed by atoms with Gasteiger partial charge in [-0.25, -0.2) is 0 Å². The number of rotatable bonds is 6. The molecule has 196 valence electrons. The maximum atomic E-state index is 13.5. The molecule has 1 aromatic heterocycles. The average Bonchev–Trinajstić information content (AvgIpc) is 3.49. The maximum absolute atomic E-state index is 13.5. The standard InChI is InChI=1S/C29H28ClN3O4S/c1-29(2,3)25(34)23(16-31)28-33(17-22-8-5-13-37-22)27(36)24(38-28)15-18-6-4-7-21(14-18)32-26(35)19-9-11-20(30)12-10-19/h4,6-7,9-12,14-15,22H,5,8,13,17H2,1-3H3,(H,32,35)/b24-15-,28-23-. The van der Waals surface area contributed by atoms with Gasteiger partial charge in [-0.15, -0.1) is 11.3 Å². The van der Waals surface area contributed by atoms with Crippen LogP contribution in [0.3, 0.4) is 0 Å². The van der Waals surface area contributed by atoms with Crippen LogP contribution in [0.4, 0.5) is 5.69 Å². The molecule has 7 nitrogen and oxygen atoms in total. The smallest absolute Gasteiger partial charge is 0.269 e. The number of hydrogen-bond acceptors (Lipinski definition) is 6. The van der Waals surface area contributed by atoms with Crippen LogP contribution in [0.1, 0.15) is 49.5 Å². The van der Waals surface area contributed by atoms with Gasteiger partial charge in [-0.3, -0.25) is 19.0 Å². The van der Waals surface area contributed by atoms with E-state index in [2.05, 4.69) is 11.4 Å². The molecule has 38 heavy (non-hydrogen) atoms. The molecule has 1 saturated heterocycles. The lowest BCUT2D eigenvalue weighted by Gasteiger charge is -2.16. The van der Waals surface area contributed by atoms with Crippen LogP contribution in [-0.4, -0.2) is 29.0 Å². The van der Waals surface area contributed by atoms with E-state index >= 15 is 0 Å². The summed E-state index contributed by atoms with van der Waals surface area (Å²) in [4.78, 5) is 39.2. The van der Waals surface area contributed by atoms with E-state index in [1.807, 2.05) is 6.07 Å². The quantitative estimate of drug-likeness (QED) is 0.498. The van der Waals surface area contributed by atoms with Gasteiger partial charge < -0.3 is 10.1 Å². The van der Waals surface area contributed by atoms with E-state index in [1.54, 1.807) is 69.3 Å². The summed E-state index contributed by atoms with van der Waals surface area (Å²) in [5.74, 6) is -0.606. The van der Waals surface area contributed by atoms with E-state index in [4.69, 9.17) is 16.3 Å². The van der Waals surface area contributed by atoms with E-state index < -0.39 is 5.41 Å². The third-order valence-corrected chi connectivity index (χ3v) is 7.48. The summed E-state index contributed by atoms with van der Waals surface area (Å²) in [6, 6.07) is 15.7. The lowest BCUT2D eigenvalue weighted by Crippen LogP contribution is -2.37. The molecule has 2 heterocycles. The number of nitrogens with one attached hydrogen (secondary N) is 1.